The van der Waals surface area contributed by atoms with Crippen LogP contribution in [0.25, 0.3) is 0 Å². The molecule has 10 nitrogen and oxygen atoms in total. The topological polar surface area (TPSA) is 121 Å². The van der Waals surface area contributed by atoms with Crippen molar-refractivity contribution in [2.24, 2.45) is 0 Å². The lowest BCUT2D eigenvalue weighted by molar-refractivity contribution is -0.385. The molecule has 0 bridgehead atoms. The number of benzene rings is 1. The van der Waals surface area contributed by atoms with Gasteiger partial charge in [-0.2, -0.15) is 0 Å². The van der Waals surface area contributed by atoms with Crippen molar-refractivity contribution in [2.75, 3.05) is 32.5 Å². The minimum Gasteiger partial charge on any atom is -0.466 e. The molecule has 0 fully saturated rings. The smallest absolute Gasteiger partial charge is 0.355 e. The number of nitro groups is 1. The van der Waals surface area contributed by atoms with Crippen molar-refractivity contribution in [1.82, 2.24) is 4.98 Å². The van der Waals surface area contributed by atoms with Gasteiger partial charge in [0.15, 0.2) is 0 Å². The maximum absolute atomic E-state index is 12.4. The molecule has 1 aromatic heterocycles. The van der Waals surface area contributed by atoms with Crippen LogP contribution in [0.5, 0.6) is 0 Å². The molecule has 0 saturated heterocycles. The van der Waals surface area contributed by atoms with Gasteiger partial charge in [0.25, 0.3) is 5.69 Å². The van der Waals surface area contributed by atoms with Crippen LogP contribution in [-0.4, -0.2) is 49.4 Å². The average Bonchev–Trinajstić information content (AvgIpc) is 2.77. The standard InChI is InChI=1S/C19H17N3O7S/c1-27-18(23)15-10-29-11-21(17(15)19(24)28-2)12-7-13(22(25)26)9-14(8-12)30-16-5-3-4-6-20-16/h3-9H,10-11H2,1-2H3. The van der Waals surface area contributed by atoms with Gasteiger partial charge in [-0.05, 0) is 18.2 Å². The normalized spacial score (nSPS) is 13.7. The van der Waals surface area contributed by atoms with E-state index < -0.39 is 16.9 Å². The SMILES string of the molecule is COC(=O)C1=C(C(=O)OC)N(c2cc(Sc3ccccn3)cc([N+](=O)[O-])c2)COC1. The van der Waals surface area contributed by atoms with Gasteiger partial charge in [-0.3, -0.25) is 10.1 Å². The molecule has 0 N–H and O–H groups in total. The van der Waals surface area contributed by atoms with E-state index in [0.717, 1.165) is 0 Å². The average molecular weight is 431 g/mol. The van der Waals surface area contributed by atoms with E-state index in [9.17, 15) is 19.7 Å². The second kappa shape index (κ2) is 9.37. The Balaban J connectivity index is 2.11. The third-order valence-corrected chi connectivity index (χ3v) is 5.01. The summed E-state index contributed by atoms with van der Waals surface area (Å²) in [4.78, 5) is 41.6. The molecule has 1 aliphatic heterocycles. The Morgan fingerprint density at radius 1 is 1.20 bits per heavy atom. The number of rotatable bonds is 6. The fraction of sp³-hybridized carbons (Fsp3) is 0.211. The first kappa shape index (κ1) is 21.3. The largest absolute Gasteiger partial charge is 0.466 e. The van der Waals surface area contributed by atoms with Gasteiger partial charge >= 0.3 is 11.9 Å². The Labute approximate surface area is 175 Å². The molecule has 1 aromatic carbocycles. The Morgan fingerprint density at radius 3 is 2.60 bits per heavy atom. The molecule has 2 aromatic rings. The Kier molecular flexibility index (Phi) is 6.65. The van der Waals surface area contributed by atoms with E-state index in [2.05, 4.69) is 4.98 Å². The van der Waals surface area contributed by atoms with Crippen LogP contribution in [0, 0.1) is 10.1 Å². The molecule has 0 saturated carbocycles. The maximum Gasteiger partial charge on any atom is 0.355 e. The van der Waals surface area contributed by atoms with Gasteiger partial charge in [-0.1, -0.05) is 17.8 Å². The Morgan fingerprint density at radius 2 is 1.97 bits per heavy atom. The number of carbonyl (C=O) groups is 2. The fourth-order valence-corrected chi connectivity index (χ4v) is 3.62. The number of ether oxygens (including phenoxy) is 3. The number of pyridine rings is 1. The number of esters is 2. The number of aromatic nitrogens is 1. The minimum atomic E-state index is -0.788. The highest BCUT2D eigenvalue weighted by atomic mass is 32.2. The zero-order valence-electron chi connectivity index (χ0n) is 16.1. The molecule has 156 valence electrons. The number of nitro benzene ring substituents is 1. The summed E-state index contributed by atoms with van der Waals surface area (Å²) in [5.74, 6) is -1.54. The molecule has 0 atom stereocenters. The van der Waals surface area contributed by atoms with Gasteiger partial charge in [-0.15, -0.1) is 0 Å². The van der Waals surface area contributed by atoms with Crippen LogP contribution in [0.15, 0.2) is 63.8 Å². The summed E-state index contributed by atoms with van der Waals surface area (Å²) in [5.41, 5.74) is -0.0459. The molecule has 30 heavy (non-hydrogen) atoms. The summed E-state index contributed by atoms with van der Waals surface area (Å²) in [7, 11) is 2.35. The van der Waals surface area contributed by atoms with Crippen molar-refractivity contribution < 1.29 is 28.7 Å². The lowest BCUT2D eigenvalue weighted by atomic mass is 10.1. The summed E-state index contributed by atoms with van der Waals surface area (Å²) in [6.45, 7) is -0.266. The molecular weight excluding hydrogens is 414 g/mol. The Bertz CT molecular complexity index is 1010. The van der Waals surface area contributed by atoms with E-state index in [1.807, 2.05) is 0 Å². The number of anilines is 1. The molecule has 0 spiro atoms. The van der Waals surface area contributed by atoms with Crippen molar-refractivity contribution in [1.29, 1.82) is 0 Å². The quantitative estimate of drug-likeness (QED) is 0.383. The van der Waals surface area contributed by atoms with Gasteiger partial charge in [-0.25, -0.2) is 14.6 Å². The fourth-order valence-electron chi connectivity index (χ4n) is 2.76. The second-order valence-corrected chi connectivity index (χ2v) is 7.02. The van der Waals surface area contributed by atoms with Crippen LogP contribution >= 0.6 is 11.8 Å². The van der Waals surface area contributed by atoms with Crippen LogP contribution in [0.1, 0.15) is 0 Å². The number of non-ortho nitro benzene ring substituents is 1. The second-order valence-electron chi connectivity index (χ2n) is 5.93. The highest BCUT2D eigenvalue weighted by Gasteiger charge is 2.33. The Hall–Kier alpha value is -3.44. The molecule has 1 aliphatic rings. The van der Waals surface area contributed by atoms with E-state index in [4.69, 9.17) is 14.2 Å². The monoisotopic (exact) mass is 431 g/mol. The van der Waals surface area contributed by atoms with Gasteiger partial charge in [0, 0.05) is 23.2 Å². The number of hydrogen-bond acceptors (Lipinski definition) is 10. The molecular formula is C19H17N3O7S. The van der Waals surface area contributed by atoms with E-state index in [1.165, 1.54) is 43.0 Å². The molecule has 0 unspecified atom stereocenters. The van der Waals surface area contributed by atoms with Crippen molar-refractivity contribution in [3.63, 3.8) is 0 Å². The molecule has 0 radical (unpaired) electrons. The van der Waals surface area contributed by atoms with Crippen molar-refractivity contribution in [3.8, 4) is 0 Å². The molecule has 3 rings (SSSR count). The van der Waals surface area contributed by atoms with Crippen LogP contribution in [0.4, 0.5) is 11.4 Å². The van der Waals surface area contributed by atoms with Gasteiger partial charge in [0.05, 0.1) is 37.0 Å². The summed E-state index contributed by atoms with van der Waals surface area (Å²) < 4.78 is 15.0. The van der Waals surface area contributed by atoms with E-state index in [1.54, 1.807) is 30.5 Å². The van der Waals surface area contributed by atoms with Gasteiger partial charge in [0.1, 0.15) is 17.5 Å². The predicted octanol–water partition coefficient (Wildman–Crippen LogP) is 2.54. The third-order valence-electron chi connectivity index (χ3n) is 4.09. The van der Waals surface area contributed by atoms with Crippen molar-refractivity contribution in [3.05, 3.63) is 64.0 Å². The first-order valence-electron chi connectivity index (χ1n) is 8.58. The van der Waals surface area contributed by atoms with Crippen molar-refractivity contribution in [2.45, 2.75) is 9.92 Å². The number of carbonyl (C=O) groups excluding carboxylic acids is 2. The van der Waals surface area contributed by atoms with Gasteiger partial charge in [0.2, 0.25) is 0 Å². The van der Waals surface area contributed by atoms with Crippen LogP contribution < -0.4 is 4.90 Å². The summed E-state index contributed by atoms with van der Waals surface area (Å²) in [6, 6.07) is 9.65. The number of hydrogen-bond donors (Lipinski definition) is 0. The molecule has 0 amide bonds. The highest BCUT2D eigenvalue weighted by Crippen LogP contribution is 2.36. The van der Waals surface area contributed by atoms with E-state index in [-0.39, 0.29) is 36.0 Å². The zero-order chi connectivity index (χ0) is 21.7. The summed E-state index contributed by atoms with van der Waals surface area (Å²) in [5, 5.41) is 12.1. The van der Waals surface area contributed by atoms with E-state index in [0.29, 0.717) is 9.92 Å². The lowest BCUT2D eigenvalue weighted by Crippen LogP contribution is -2.38. The zero-order valence-corrected chi connectivity index (χ0v) is 16.9. The maximum atomic E-state index is 12.4. The molecule has 11 heteroatoms. The highest BCUT2D eigenvalue weighted by molar-refractivity contribution is 7.99. The first-order valence-corrected chi connectivity index (χ1v) is 9.39. The minimum absolute atomic E-state index is 0.0407. The predicted molar refractivity (Wildman–Crippen MR) is 106 cm³/mol. The van der Waals surface area contributed by atoms with E-state index >= 15 is 0 Å². The van der Waals surface area contributed by atoms with Crippen molar-refractivity contribution >= 4 is 35.1 Å². The first-order chi connectivity index (χ1) is 14.4. The lowest BCUT2D eigenvalue weighted by Gasteiger charge is -2.31. The number of methoxy groups -OCH3 is 2. The van der Waals surface area contributed by atoms with Crippen LogP contribution in [0.3, 0.4) is 0 Å². The van der Waals surface area contributed by atoms with Gasteiger partial charge < -0.3 is 19.1 Å². The summed E-state index contributed by atoms with van der Waals surface area (Å²) in [6.07, 6.45) is 1.61. The number of nitrogens with zero attached hydrogens (tertiary/aromatic N) is 3. The molecule has 2 heterocycles. The van der Waals surface area contributed by atoms with Crippen LogP contribution in [-0.2, 0) is 23.8 Å². The summed E-state index contributed by atoms with van der Waals surface area (Å²) >= 11 is 1.22. The molecule has 0 aliphatic carbocycles. The third kappa shape index (κ3) is 4.58. The van der Waals surface area contributed by atoms with Crippen LogP contribution in [0.2, 0.25) is 0 Å².